The first-order chi connectivity index (χ1) is 9.20. The van der Waals surface area contributed by atoms with Crippen LogP contribution in [0, 0.1) is 18.3 Å². The van der Waals surface area contributed by atoms with Crippen LogP contribution in [0.4, 0.5) is 0 Å². The van der Waals surface area contributed by atoms with Crippen LogP contribution in [0.3, 0.4) is 0 Å². The zero-order chi connectivity index (χ0) is 13.7. The number of hydrogen-bond donors (Lipinski definition) is 1. The normalized spacial score (nSPS) is 10.4. The molecule has 1 aromatic carbocycles. The van der Waals surface area contributed by atoms with E-state index >= 15 is 0 Å². The standard InChI is InChI=1S/C14H17N5/c1-11-7-12(8-15)3-4-13(11)9-16-6-5-14-18-17-10-19(14)2/h3-4,7,10,16H,5-6,9H2,1-2H3. The van der Waals surface area contributed by atoms with E-state index < -0.39 is 0 Å². The maximum atomic E-state index is 8.82. The quantitative estimate of drug-likeness (QED) is 0.818. The molecule has 19 heavy (non-hydrogen) atoms. The minimum absolute atomic E-state index is 0.709. The van der Waals surface area contributed by atoms with Crippen molar-refractivity contribution in [3.8, 4) is 6.07 Å². The van der Waals surface area contributed by atoms with E-state index in [-0.39, 0.29) is 0 Å². The largest absolute Gasteiger partial charge is 0.321 e. The minimum atomic E-state index is 0.709. The number of hydrogen-bond acceptors (Lipinski definition) is 4. The van der Waals surface area contributed by atoms with Crippen molar-refractivity contribution >= 4 is 0 Å². The first-order valence-corrected chi connectivity index (χ1v) is 6.24. The molecule has 1 heterocycles. The second-order valence-electron chi connectivity index (χ2n) is 4.54. The summed E-state index contributed by atoms with van der Waals surface area (Å²) in [5.74, 6) is 0.976. The van der Waals surface area contributed by atoms with Crippen molar-refractivity contribution in [2.45, 2.75) is 19.9 Å². The van der Waals surface area contributed by atoms with Crippen molar-refractivity contribution in [3.05, 3.63) is 47.0 Å². The van der Waals surface area contributed by atoms with E-state index in [0.29, 0.717) is 5.56 Å². The SMILES string of the molecule is Cc1cc(C#N)ccc1CNCCc1nncn1C. The van der Waals surface area contributed by atoms with Gasteiger partial charge in [0, 0.05) is 26.6 Å². The van der Waals surface area contributed by atoms with Crippen LogP contribution in [0.2, 0.25) is 0 Å². The predicted molar refractivity (Wildman–Crippen MR) is 72.3 cm³/mol. The summed E-state index contributed by atoms with van der Waals surface area (Å²) in [5, 5.41) is 20.1. The van der Waals surface area contributed by atoms with E-state index in [1.54, 1.807) is 6.33 Å². The number of aryl methyl sites for hydroxylation is 2. The fourth-order valence-corrected chi connectivity index (χ4v) is 1.92. The van der Waals surface area contributed by atoms with Crippen LogP contribution in [0.1, 0.15) is 22.5 Å². The Bertz CT molecular complexity index is 594. The van der Waals surface area contributed by atoms with Crippen LogP contribution in [0.5, 0.6) is 0 Å². The van der Waals surface area contributed by atoms with Gasteiger partial charge in [-0.3, -0.25) is 0 Å². The molecule has 2 rings (SSSR count). The Morgan fingerprint density at radius 3 is 2.89 bits per heavy atom. The van der Waals surface area contributed by atoms with Gasteiger partial charge >= 0.3 is 0 Å². The molecule has 0 saturated carbocycles. The molecule has 0 radical (unpaired) electrons. The summed E-state index contributed by atoms with van der Waals surface area (Å²) in [5.41, 5.74) is 3.07. The van der Waals surface area contributed by atoms with Crippen LogP contribution in [0.15, 0.2) is 24.5 Å². The van der Waals surface area contributed by atoms with Crippen molar-refractivity contribution in [1.29, 1.82) is 5.26 Å². The van der Waals surface area contributed by atoms with Crippen LogP contribution in [0.25, 0.3) is 0 Å². The molecule has 0 atom stereocenters. The van der Waals surface area contributed by atoms with Gasteiger partial charge in [-0.2, -0.15) is 5.26 Å². The first kappa shape index (κ1) is 13.2. The predicted octanol–water partition coefficient (Wildman–Crippen LogP) is 1.33. The Labute approximate surface area is 112 Å². The summed E-state index contributed by atoms with van der Waals surface area (Å²) >= 11 is 0. The maximum absolute atomic E-state index is 8.82. The Morgan fingerprint density at radius 2 is 2.26 bits per heavy atom. The summed E-state index contributed by atoms with van der Waals surface area (Å²) in [6.45, 7) is 3.68. The van der Waals surface area contributed by atoms with Crippen molar-refractivity contribution in [2.75, 3.05) is 6.54 Å². The summed E-state index contributed by atoms with van der Waals surface area (Å²) in [6.07, 6.45) is 2.56. The molecule has 5 heteroatoms. The molecule has 0 amide bonds. The highest BCUT2D eigenvalue weighted by molar-refractivity contribution is 5.37. The molecule has 0 aliphatic rings. The van der Waals surface area contributed by atoms with Gasteiger partial charge in [0.1, 0.15) is 12.2 Å². The second-order valence-corrected chi connectivity index (χ2v) is 4.54. The number of nitrogens with one attached hydrogen (secondary N) is 1. The third kappa shape index (κ3) is 3.39. The van der Waals surface area contributed by atoms with E-state index in [0.717, 1.165) is 30.9 Å². The zero-order valence-corrected chi connectivity index (χ0v) is 11.2. The molecule has 0 unspecified atom stereocenters. The molecule has 1 aromatic heterocycles. The van der Waals surface area contributed by atoms with E-state index in [2.05, 4.69) is 21.6 Å². The van der Waals surface area contributed by atoms with Gasteiger partial charge in [-0.1, -0.05) is 6.07 Å². The number of nitriles is 1. The van der Waals surface area contributed by atoms with Gasteiger partial charge in [0.2, 0.25) is 0 Å². The monoisotopic (exact) mass is 255 g/mol. The summed E-state index contributed by atoms with van der Waals surface area (Å²) in [6, 6.07) is 7.92. The lowest BCUT2D eigenvalue weighted by atomic mass is 10.1. The average Bonchev–Trinajstić information content (AvgIpc) is 2.81. The summed E-state index contributed by atoms with van der Waals surface area (Å²) < 4.78 is 1.93. The van der Waals surface area contributed by atoms with Crippen molar-refractivity contribution in [1.82, 2.24) is 20.1 Å². The molecule has 2 aromatic rings. The molecular weight excluding hydrogens is 238 g/mol. The van der Waals surface area contributed by atoms with Gasteiger partial charge in [0.25, 0.3) is 0 Å². The van der Waals surface area contributed by atoms with Crippen molar-refractivity contribution < 1.29 is 0 Å². The highest BCUT2D eigenvalue weighted by Gasteiger charge is 2.02. The van der Waals surface area contributed by atoms with Gasteiger partial charge in [-0.15, -0.1) is 10.2 Å². The zero-order valence-electron chi connectivity index (χ0n) is 11.2. The Kier molecular flexibility index (Phi) is 4.26. The maximum Gasteiger partial charge on any atom is 0.133 e. The van der Waals surface area contributed by atoms with E-state index in [1.807, 2.05) is 36.7 Å². The summed E-state index contributed by atoms with van der Waals surface area (Å²) in [7, 11) is 1.94. The van der Waals surface area contributed by atoms with Crippen LogP contribution < -0.4 is 5.32 Å². The second kappa shape index (κ2) is 6.12. The van der Waals surface area contributed by atoms with E-state index in [1.165, 1.54) is 5.56 Å². The lowest BCUT2D eigenvalue weighted by Gasteiger charge is -2.08. The first-order valence-electron chi connectivity index (χ1n) is 6.24. The highest BCUT2D eigenvalue weighted by Crippen LogP contribution is 2.10. The number of aromatic nitrogens is 3. The van der Waals surface area contributed by atoms with Gasteiger partial charge in [0.15, 0.2) is 0 Å². The molecule has 0 saturated heterocycles. The smallest absolute Gasteiger partial charge is 0.133 e. The molecule has 0 fully saturated rings. The molecule has 5 nitrogen and oxygen atoms in total. The highest BCUT2D eigenvalue weighted by atomic mass is 15.2. The van der Waals surface area contributed by atoms with Crippen molar-refractivity contribution in [2.24, 2.45) is 7.05 Å². The fraction of sp³-hybridized carbons (Fsp3) is 0.357. The number of benzene rings is 1. The van der Waals surface area contributed by atoms with Gasteiger partial charge in [-0.05, 0) is 30.2 Å². The molecule has 1 N–H and O–H groups in total. The van der Waals surface area contributed by atoms with Crippen molar-refractivity contribution in [3.63, 3.8) is 0 Å². The molecule has 0 aliphatic carbocycles. The Morgan fingerprint density at radius 1 is 1.42 bits per heavy atom. The minimum Gasteiger partial charge on any atom is -0.321 e. The van der Waals surface area contributed by atoms with Gasteiger partial charge in [0.05, 0.1) is 11.6 Å². The third-order valence-electron chi connectivity index (χ3n) is 3.12. The lowest BCUT2D eigenvalue weighted by Crippen LogP contribution is -2.18. The number of rotatable bonds is 5. The molecular formula is C14H17N5. The fourth-order valence-electron chi connectivity index (χ4n) is 1.92. The number of nitrogens with zero attached hydrogens (tertiary/aromatic N) is 4. The van der Waals surface area contributed by atoms with Gasteiger partial charge in [-0.25, -0.2) is 0 Å². The van der Waals surface area contributed by atoms with Gasteiger partial charge < -0.3 is 9.88 Å². The van der Waals surface area contributed by atoms with E-state index in [9.17, 15) is 0 Å². The Hall–Kier alpha value is -2.19. The summed E-state index contributed by atoms with van der Waals surface area (Å²) in [4.78, 5) is 0. The average molecular weight is 255 g/mol. The van der Waals surface area contributed by atoms with Crippen LogP contribution >= 0.6 is 0 Å². The lowest BCUT2D eigenvalue weighted by molar-refractivity contribution is 0.652. The molecule has 98 valence electrons. The van der Waals surface area contributed by atoms with Crippen LogP contribution in [-0.2, 0) is 20.0 Å². The topological polar surface area (TPSA) is 66.5 Å². The molecule has 0 bridgehead atoms. The van der Waals surface area contributed by atoms with E-state index in [4.69, 9.17) is 5.26 Å². The third-order valence-corrected chi connectivity index (χ3v) is 3.12. The van der Waals surface area contributed by atoms with Crippen LogP contribution in [-0.4, -0.2) is 21.3 Å². The molecule has 0 aliphatic heterocycles. The molecule has 0 spiro atoms. The Balaban J connectivity index is 1.83.